The van der Waals surface area contributed by atoms with Crippen LogP contribution in [0.3, 0.4) is 0 Å². The summed E-state index contributed by atoms with van der Waals surface area (Å²) in [5.74, 6) is -0.380. The highest BCUT2D eigenvalue weighted by Gasteiger charge is 2.19. The minimum atomic E-state index is -0.504. The maximum Gasteiger partial charge on any atom is 0.377 e. The molecule has 18 heavy (non-hydrogen) atoms. The van der Waals surface area contributed by atoms with Crippen molar-refractivity contribution in [3.63, 3.8) is 0 Å². The van der Waals surface area contributed by atoms with Gasteiger partial charge in [0.05, 0.1) is 17.5 Å². The van der Waals surface area contributed by atoms with Crippen LogP contribution in [0.25, 0.3) is 21.8 Å². The molecule has 0 bridgehead atoms. The fourth-order valence-electron chi connectivity index (χ4n) is 1.89. The first-order valence-electron chi connectivity index (χ1n) is 5.61. The highest BCUT2D eigenvalue weighted by Crippen LogP contribution is 2.25. The fourth-order valence-corrected chi connectivity index (χ4v) is 1.89. The van der Waals surface area contributed by atoms with Gasteiger partial charge in [-0.3, -0.25) is 4.98 Å². The first kappa shape index (κ1) is 10.7. The molecule has 90 valence electrons. The molecule has 0 saturated heterocycles. The zero-order valence-electron chi connectivity index (χ0n) is 9.71. The van der Waals surface area contributed by atoms with E-state index in [2.05, 4.69) is 10.1 Å². The molecule has 2 heterocycles. The summed E-state index contributed by atoms with van der Waals surface area (Å²) in [4.78, 5) is 15.9. The van der Waals surface area contributed by atoms with E-state index < -0.39 is 5.97 Å². The summed E-state index contributed by atoms with van der Waals surface area (Å²) in [5, 5.41) is 5.49. The molecule has 0 N–H and O–H groups in total. The molecular formula is C13H10N2O3. The van der Waals surface area contributed by atoms with Crippen LogP contribution in [0.2, 0.25) is 0 Å². The maximum absolute atomic E-state index is 11.7. The lowest BCUT2D eigenvalue weighted by atomic mass is 10.1. The lowest BCUT2D eigenvalue weighted by Gasteiger charge is -1.98. The van der Waals surface area contributed by atoms with Gasteiger partial charge in [0.1, 0.15) is 5.52 Å². The van der Waals surface area contributed by atoms with Crippen molar-refractivity contribution in [1.82, 2.24) is 10.1 Å². The van der Waals surface area contributed by atoms with Gasteiger partial charge in [-0.25, -0.2) is 4.79 Å². The van der Waals surface area contributed by atoms with Crippen LogP contribution in [0.15, 0.2) is 35.0 Å². The van der Waals surface area contributed by atoms with Crippen molar-refractivity contribution in [3.8, 4) is 0 Å². The minimum Gasteiger partial charge on any atom is -0.460 e. The number of aromatic nitrogens is 2. The first-order chi connectivity index (χ1) is 8.81. The Labute approximate surface area is 102 Å². The predicted molar refractivity (Wildman–Crippen MR) is 65.3 cm³/mol. The van der Waals surface area contributed by atoms with Crippen molar-refractivity contribution in [3.05, 3.63) is 36.2 Å². The van der Waals surface area contributed by atoms with Gasteiger partial charge in [0.2, 0.25) is 0 Å². The van der Waals surface area contributed by atoms with Crippen molar-refractivity contribution in [2.75, 3.05) is 6.61 Å². The standard InChI is InChI=1S/C13H10N2O3/c1-2-17-13(16)12-9-6-5-8-4-3-7-14-10(8)11(9)15-18-12/h3-7H,2H2,1H3. The number of fused-ring (bicyclic) bond motifs is 3. The summed E-state index contributed by atoms with van der Waals surface area (Å²) in [5.41, 5.74) is 1.30. The molecule has 0 spiro atoms. The second-order valence-corrected chi connectivity index (χ2v) is 3.77. The number of pyridine rings is 1. The summed E-state index contributed by atoms with van der Waals surface area (Å²) in [6.45, 7) is 2.04. The molecule has 0 saturated carbocycles. The molecule has 5 nitrogen and oxygen atoms in total. The zero-order chi connectivity index (χ0) is 12.5. The topological polar surface area (TPSA) is 65.2 Å². The van der Waals surface area contributed by atoms with Gasteiger partial charge in [-0.1, -0.05) is 17.3 Å². The molecule has 0 amide bonds. The molecule has 0 fully saturated rings. The summed E-state index contributed by atoms with van der Waals surface area (Å²) in [6.07, 6.45) is 1.68. The third-order valence-corrected chi connectivity index (χ3v) is 2.68. The molecule has 1 aromatic carbocycles. The Morgan fingerprint density at radius 1 is 1.33 bits per heavy atom. The SMILES string of the molecule is CCOC(=O)c1onc2c1ccc1cccnc12. The van der Waals surface area contributed by atoms with E-state index in [0.29, 0.717) is 23.0 Å². The minimum absolute atomic E-state index is 0.124. The molecule has 2 aromatic heterocycles. The van der Waals surface area contributed by atoms with Gasteiger partial charge in [-0.05, 0) is 19.1 Å². The zero-order valence-corrected chi connectivity index (χ0v) is 9.71. The summed E-state index contributed by atoms with van der Waals surface area (Å²) in [7, 11) is 0. The Kier molecular flexibility index (Phi) is 2.44. The summed E-state index contributed by atoms with van der Waals surface area (Å²) >= 11 is 0. The Morgan fingerprint density at radius 3 is 3.06 bits per heavy atom. The molecule has 0 radical (unpaired) electrons. The van der Waals surface area contributed by atoms with Gasteiger partial charge < -0.3 is 9.26 Å². The van der Waals surface area contributed by atoms with Crippen molar-refractivity contribution in [1.29, 1.82) is 0 Å². The summed E-state index contributed by atoms with van der Waals surface area (Å²) in [6, 6.07) is 7.45. The molecule has 0 aliphatic carbocycles. The Bertz CT molecular complexity index is 733. The van der Waals surface area contributed by atoms with Crippen molar-refractivity contribution in [2.45, 2.75) is 6.92 Å². The van der Waals surface area contributed by atoms with Crippen molar-refractivity contribution < 1.29 is 14.1 Å². The number of ether oxygens (including phenoxy) is 1. The quantitative estimate of drug-likeness (QED) is 0.646. The largest absolute Gasteiger partial charge is 0.460 e. The van der Waals surface area contributed by atoms with E-state index in [4.69, 9.17) is 9.26 Å². The third kappa shape index (κ3) is 1.52. The predicted octanol–water partition coefficient (Wildman–Crippen LogP) is 2.55. The number of esters is 1. The second-order valence-electron chi connectivity index (χ2n) is 3.77. The van der Waals surface area contributed by atoms with Gasteiger partial charge in [-0.15, -0.1) is 0 Å². The van der Waals surface area contributed by atoms with Crippen molar-refractivity contribution >= 4 is 27.8 Å². The smallest absolute Gasteiger partial charge is 0.377 e. The van der Waals surface area contributed by atoms with E-state index >= 15 is 0 Å². The molecule has 3 rings (SSSR count). The van der Waals surface area contributed by atoms with Gasteiger partial charge in [0.15, 0.2) is 0 Å². The van der Waals surface area contributed by atoms with E-state index in [1.54, 1.807) is 19.2 Å². The molecule has 0 atom stereocenters. The number of benzene rings is 1. The number of hydrogen-bond donors (Lipinski definition) is 0. The molecule has 0 aliphatic rings. The van der Waals surface area contributed by atoms with Crippen LogP contribution in [-0.2, 0) is 4.74 Å². The van der Waals surface area contributed by atoms with E-state index in [-0.39, 0.29) is 5.76 Å². The normalized spacial score (nSPS) is 10.9. The number of carbonyl (C=O) groups excluding carboxylic acids is 1. The second kappa shape index (κ2) is 4.10. The Morgan fingerprint density at radius 2 is 2.22 bits per heavy atom. The number of nitrogens with zero attached hydrogens (tertiary/aromatic N) is 2. The van der Waals surface area contributed by atoms with Crippen molar-refractivity contribution in [2.24, 2.45) is 0 Å². The molecule has 5 heteroatoms. The highest BCUT2D eigenvalue weighted by atomic mass is 16.6. The number of carbonyl (C=O) groups is 1. The van der Waals surface area contributed by atoms with Gasteiger partial charge in [0, 0.05) is 11.6 Å². The lowest BCUT2D eigenvalue weighted by molar-refractivity contribution is 0.0483. The molecular weight excluding hydrogens is 232 g/mol. The van der Waals surface area contributed by atoms with Crippen LogP contribution in [0.1, 0.15) is 17.5 Å². The molecule has 0 aliphatic heterocycles. The van der Waals surface area contributed by atoms with E-state index in [1.165, 1.54) is 0 Å². The average Bonchev–Trinajstić information content (AvgIpc) is 2.83. The molecule has 3 aromatic rings. The van der Waals surface area contributed by atoms with Gasteiger partial charge in [-0.2, -0.15) is 0 Å². The number of rotatable bonds is 2. The van der Waals surface area contributed by atoms with Gasteiger partial charge >= 0.3 is 5.97 Å². The monoisotopic (exact) mass is 242 g/mol. The molecule has 0 unspecified atom stereocenters. The van der Waals surface area contributed by atoms with Gasteiger partial charge in [0.25, 0.3) is 5.76 Å². The van der Waals surface area contributed by atoms with Crippen LogP contribution < -0.4 is 0 Å². The van der Waals surface area contributed by atoms with Crippen LogP contribution in [0.4, 0.5) is 0 Å². The van der Waals surface area contributed by atoms with E-state index in [9.17, 15) is 4.79 Å². The van der Waals surface area contributed by atoms with Crippen LogP contribution in [-0.4, -0.2) is 22.7 Å². The van der Waals surface area contributed by atoms with Crippen LogP contribution in [0.5, 0.6) is 0 Å². The Balaban J connectivity index is 2.26. The number of hydrogen-bond acceptors (Lipinski definition) is 5. The Hall–Kier alpha value is -2.43. The first-order valence-corrected chi connectivity index (χ1v) is 5.61. The maximum atomic E-state index is 11.7. The van der Waals surface area contributed by atoms with E-state index in [0.717, 1.165) is 5.39 Å². The van der Waals surface area contributed by atoms with Crippen LogP contribution in [0, 0.1) is 0 Å². The average molecular weight is 242 g/mol. The van der Waals surface area contributed by atoms with E-state index in [1.807, 2.05) is 18.2 Å². The lowest BCUT2D eigenvalue weighted by Crippen LogP contribution is -2.03. The van der Waals surface area contributed by atoms with Crippen LogP contribution >= 0.6 is 0 Å². The summed E-state index contributed by atoms with van der Waals surface area (Å²) < 4.78 is 9.99. The highest BCUT2D eigenvalue weighted by molar-refractivity contribution is 6.09. The third-order valence-electron chi connectivity index (χ3n) is 2.68. The fraction of sp³-hybridized carbons (Fsp3) is 0.154.